The van der Waals surface area contributed by atoms with Gasteiger partial charge in [-0.2, -0.15) is 5.10 Å². The molecule has 3 aliphatic heterocycles. The molecule has 7 heterocycles. The van der Waals surface area contributed by atoms with Gasteiger partial charge in [0.1, 0.15) is 11.2 Å². The topological polar surface area (TPSA) is 60.6 Å². The lowest BCUT2D eigenvalue weighted by molar-refractivity contribution is -0.969. The van der Waals surface area contributed by atoms with E-state index in [-0.39, 0.29) is 0 Å². The smallest absolute Gasteiger partial charge is 0.404 e. The van der Waals surface area contributed by atoms with Gasteiger partial charge >= 0.3 is 11.7 Å². The third-order valence-electron chi connectivity index (χ3n) is 7.15. The van der Waals surface area contributed by atoms with Crippen molar-refractivity contribution >= 4 is 32.7 Å². The van der Waals surface area contributed by atoms with Crippen molar-refractivity contribution in [1.82, 2.24) is 19.7 Å². The average Bonchev–Trinajstić information content (AvgIpc) is 3.45. The SMILES string of the molecule is Cc1cc2n(n1)C13c4c(ccc5c6nccnc6c6ccc[n+]1c6c45)Oc1cccc-2[n+]13. The molecule has 4 aromatic heterocycles. The molecule has 1 spiro atoms. The molecule has 32 heavy (non-hydrogen) atoms. The summed E-state index contributed by atoms with van der Waals surface area (Å²) in [5.74, 6) is 0.946. The molecule has 0 bridgehead atoms. The highest BCUT2D eigenvalue weighted by molar-refractivity contribution is 6.22. The molecule has 0 fully saturated rings. The molecule has 6 aromatic rings. The summed E-state index contributed by atoms with van der Waals surface area (Å²) in [6, 6.07) is 16.8. The van der Waals surface area contributed by atoms with Gasteiger partial charge in [0, 0.05) is 29.9 Å². The normalized spacial score (nSPS) is 18.5. The van der Waals surface area contributed by atoms with Crippen LogP contribution in [0.15, 0.2) is 67.1 Å². The Morgan fingerprint density at radius 2 is 1.84 bits per heavy atom. The third kappa shape index (κ3) is 1.34. The van der Waals surface area contributed by atoms with Gasteiger partial charge in [-0.1, -0.05) is 4.57 Å². The second kappa shape index (κ2) is 4.60. The molecular formula is C25H14N6O+2. The summed E-state index contributed by atoms with van der Waals surface area (Å²) < 4.78 is 13.3. The molecule has 7 heteroatoms. The molecule has 2 aromatic carbocycles. The van der Waals surface area contributed by atoms with Crippen LogP contribution >= 0.6 is 0 Å². The van der Waals surface area contributed by atoms with Crippen molar-refractivity contribution in [3.05, 3.63) is 78.4 Å². The lowest BCUT2D eigenvalue weighted by Gasteiger charge is -2.23. The Hall–Kier alpha value is -4.39. The fraction of sp³-hybridized carbons (Fsp3) is 0.0800. The van der Waals surface area contributed by atoms with Crippen LogP contribution in [-0.4, -0.2) is 19.7 Å². The average molecular weight is 414 g/mol. The Morgan fingerprint density at radius 1 is 0.969 bits per heavy atom. The highest BCUT2D eigenvalue weighted by Crippen LogP contribution is 2.52. The molecular weight excluding hydrogens is 400 g/mol. The van der Waals surface area contributed by atoms with Crippen molar-refractivity contribution in [2.75, 3.05) is 0 Å². The van der Waals surface area contributed by atoms with Gasteiger partial charge in [0.15, 0.2) is 17.5 Å². The summed E-state index contributed by atoms with van der Waals surface area (Å²) in [6.07, 6.45) is 5.68. The van der Waals surface area contributed by atoms with E-state index in [1.165, 1.54) is 0 Å². The van der Waals surface area contributed by atoms with E-state index >= 15 is 0 Å². The molecule has 0 aliphatic carbocycles. The summed E-state index contributed by atoms with van der Waals surface area (Å²) in [5.41, 5.74) is 7.21. The van der Waals surface area contributed by atoms with Gasteiger partial charge in [-0.25, -0.2) is 0 Å². The first-order valence-corrected chi connectivity index (χ1v) is 10.6. The predicted octanol–water partition coefficient (Wildman–Crippen LogP) is 3.17. The van der Waals surface area contributed by atoms with E-state index in [0.717, 1.165) is 67.0 Å². The minimum atomic E-state index is -0.707. The van der Waals surface area contributed by atoms with Crippen LogP contribution in [-0.2, 0) is 5.79 Å². The van der Waals surface area contributed by atoms with E-state index in [4.69, 9.17) is 19.8 Å². The summed E-state index contributed by atoms with van der Waals surface area (Å²) in [5, 5.41) is 8.34. The van der Waals surface area contributed by atoms with Gasteiger partial charge in [0.25, 0.3) is 0 Å². The van der Waals surface area contributed by atoms with Gasteiger partial charge in [0.2, 0.25) is 11.2 Å². The van der Waals surface area contributed by atoms with Crippen molar-refractivity contribution in [3.8, 4) is 23.0 Å². The van der Waals surface area contributed by atoms with Gasteiger partial charge < -0.3 is 4.74 Å². The molecule has 9 rings (SSSR count). The van der Waals surface area contributed by atoms with Crippen LogP contribution in [0.2, 0.25) is 0 Å². The van der Waals surface area contributed by atoms with E-state index in [9.17, 15) is 0 Å². The molecule has 0 saturated carbocycles. The lowest BCUT2D eigenvalue weighted by atomic mass is 9.97. The Balaban J connectivity index is 1.66. The van der Waals surface area contributed by atoms with Crippen LogP contribution in [0.25, 0.3) is 44.1 Å². The summed E-state index contributed by atoms with van der Waals surface area (Å²) in [4.78, 5) is 9.47. The second-order valence-electron chi connectivity index (χ2n) is 8.66. The maximum absolute atomic E-state index is 6.50. The van der Waals surface area contributed by atoms with E-state index in [2.05, 4.69) is 56.4 Å². The standard InChI is InChI=1S/C25H14N6O/c1-13-12-17-16-5-2-6-19-30(16)25(31(17)28-13)21-18(32-19)8-7-14-20(21)24-15(4-3-11-29(24)25)23-22(14)26-9-10-27-23/h2-12H,1H3/q+2. The number of hydrogen-bond donors (Lipinski definition) is 0. The van der Waals surface area contributed by atoms with Crippen molar-refractivity contribution in [1.29, 1.82) is 0 Å². The fourth-order valence-electron chi connectivity index (χ4n) is 6.16. The second-order valence-corrected chi connectivity index (χ2v) is 8.66. The molecule has 148 valence electrons. The number of hydrogen-bond acceptors (Lipinski definition) is 4. The fourth-order valence-corrected chi connectivity index (χ4v) is 6.16. The van der Waals surface area contributed by atoms with Gasteiger partial charge in [-0.15, -0.1) is 9.25 Å². The predicted molar refractivity (Wildman–Crippen MR) is 115 cm³/mol. The minimum Gasteiger partial charge on any atom is -0.404 e. The Bertz CT molecular complexity index is 1890. The molecule has 0 N–H and O–H groups in total. The van der Waals surface area contributed by atoms with Crippen molar-refractivity contribution < 1.29 is 13.9 Å². The first-order chi connectivity index (χ1) is 15.8. The van der Waals surface area contributed by atoms with Gasteiger partial charge in [-0.3, -0.25) is 9.97 Å². The number of fused-ring (bicyclic) bond motifs is 5. The molecule has 0 saturated heterocycles. The van der Waals surface area contributed by atoms with Crippen LogP contribution in [0.4, 0.5) is 0 Å². The molecule has 0 radical (unpaired) electrons. The quantitative estimate of drug-likeness (QED) is 0.283. The van der Waals surface area contributed by atoms with Crippen molar-refractivity contribution in [3.63, 3.8) is 0 Å². The monoisotopic (exact) mass is 414 g/mol. The maximum atomic E-state index is 6.50. The number of ether oxygens (including phenoxy) is 1. The zero-order valence-electron chi connectivity index (χ0n) is 16.9. The van der Waals surface area contributed by atoms with Crippen LogP contribution in [0, 0.1) is 6.92 Å². The molecule has 3 aliphatic rings. The highest BCUT2D eigenvalue weighted by Gasteiger charge is 2.72. The molecule has 1 atom stereocenters. The number of pyridine rings is 2. The van der Waals surface area contributed by atoms with E-state index in [1.807, 2.05) is 19.1 Å². The first-order valence-electron chi connectivity index (χ1n) is 10.6. The lowest BCUT2D eigenvalue weighted by Crippen LogP contribution is -2.75. The number of rotatable bonds is 0. The highest BCUT2D eigenvalue weighted by atomic mass is 16.5. The van der Waals surface area contributed by atoms with Gasteiger partial charge in [-0.05, 0) is 37.3 Å². The summed E-state index contributed by atoms with van der Waals surface area (Å²) in [6.45, 7) is 2.05. The van der Waals surface area contributed by atoms with E-state index < -0.39 is 5.79 Å². The van der Waals surface area contributed by atoms with Gasteiger partial charge in [0.05, 0.1) is 28.0 Å². The van der Waals surface area contributed by atoms with E-state index in [1.54, 1.807) is 12.4 Å². The third-order valence-corrected chi connectivity index (χ3v) is 7.15. The Kier molecular flexibility index (Phi) is 2.22. The van der Waals surface area contributed by atoms with Crippen LogP contribution in [0.3, 0.4) is 0 Å². The molecule has 0 amide bonds. The zero-order valence-corrected chi connectivity index (χ0v) is 16.9. The maximum Gasteiger partial charge on any atom is 0.504 e. The van der Waals surface area contributed by atoms with Crippen molar-refractivity contribution in [2.45, 2.75) is 12.7 Å². The Labute approximate surface area is 180 Å². The largest absolute Gasteiger partial charge is 0.504 e. The number of aryl methyl sites for hydroxylation is 1. The zero-order chi connectivity index (χ0) is 20.8. The van der Waals surface area contributed by atoms with Crippen LogP contribution in [0.1, 0.15) is 11.3 Å². The summed E-state index contributed by atoms with van der Waals surface area (Å²) >= 11 is 0. The number of benzene rings is 2. The first kappa shape index (κ1) is 15.4. The molecule has 7 nitrogen and oxygen atoms in total. The van der Waals surface area contributed by atoms with Crippen LogP contribution in [0.5, 0.6) is 11.6 Å². The molecule has 1 unspecified atom stereocenters. The Morgan fingerprint density at radius 3 is 2.75 bits per heavy atom. The van der Waals surface area contributed by atoms with Crippen LogP contribution < -0.4 is 13.9 Å². The van der Waals surface area contributed by atoms with Crippen molar-refractivity contribution in [2.24, 2.45) is 0 Å². The minimum absolute atomic E-state index is 0.707. The number of nitrogens with zero attached hydrogens (tertiary/aromatic N) is 6. The van der Waals surface area contributed by atoms with E-state index in [0.29, 0.717) is 0 Å². The summed E-state index contributed by atoms with van der Waals surface area (Å²) in [7, 11) is 0. The number of aromatic nitrogens is 6.